The Morgan fingerprint density at radius 2 is 2.20 bits per heavy atom. The van der Waals surface area contributed by atoms with Gasteiger partial charge in [-0.15, -0.1) is 11.8 Å². The van der Waals surface area contributed by atoms with E-state index in [0.29, 0.717) is 0 Å². The van der Waals surface area contributed by atoms with Gasteiger partial charge in [-0.1, -0.05) is 15.9 Å². The van der Waals surface area contributed by atoms with Gasteiger partial charge in [-0.25, -0.2) is 0 Å². The molecule has 0 saturated carbocycles. The average Bonchev–Trinajstić information content (AvgIpc) is 2.69. The van der Waals surface area contributed by atoms with Crippen molar-refractivity contribution >= 4 is 33.4 Å². The number of nitrogen functional groups attached to an aromatic ring is 1. The molecule has 2 rings (SSSR count). The molecule has 1 aromatic heterocycles. The van der Waals surface area contributed by atoms with Crippen molar-refractivity contribution in [2.45, 2.75) is 10.6 Å². The van der Waals surface area contributed by atoms with Crippen molar-refractivity contribution in [1.29, 1.82) is 0 Å². The minimum Gasteiger partial charge on any atom is -0.468 e. The summed E-state index contributed by atoms with van der Waals surface area (Å²) in [5.41, 5.74) is 6.67. The molecule has 0 radical (unpaired) electrons. The first-order valence-electron chi connectivity index (χ1n) is 4.46. The lowest BCUT2D eigenvalue weighted by Gasteiger charge is -2.04. The second kappa shape index (κ2) is 4.77. The van der Waals surface area contributed by atoms with Crippen LogP contribution < -0.4 is 5.73 Å². The van der Waals surface area contributed by atoms with Crippen molar-refractivity contribution in [2.24, 2.45) is 0 Å². The SMILES string of the molecule is Nc1cc(Br)ccc1SCc1ccco1. The molecule has 15 heavy (non-hydrogen) atoms. The Hall–Kier alpha value is -0.870. The molecule has 0 amide bonds. The molecule has 78 valence electrons. The quantitative estimate of drug-likeness (QED) is 0.686. The van der Waals surface area contributed by atoms with Gasteiger partial charge in [0.25, 0.3) is 0 Å². The van der Waals surface area contributed by atoms with Crippen LogP contribution in [0.3, 0.4) is 0 Å². The van der Waals surface area contributed by atoms with Crippen LogP contribution in [0.4, 0.5) is 5.69 Å². The summed E-state index contributed by atoms with van der Waals surface area (Å²) in [6.07, 6.45) is 1.68. The predicted molar refractivity (Wildman–Crippen MR) is 66.8 cm³/mol. The van der Waals surface area contributed by atoms with Crippen LogP contribution in [0.25, 0.3) is 0 Å². The molecule has 0 bridgehead atoms. The van der Waals surface area contributed by atoms with Crippen molar-refractivity contribution in [1.82, 2.24) is 0 Å². The molecule has 0 spiro atoms. The van der Waals surface area contributed by atoms with E-state index in [1.54, 1.807) is 18.0 Å². The number of benzene rings is 1. The van der Waals surface area contributed by atoms with E-state index in [1.165, 1.54) is 0 Å². The van der Waals surface area contributed by atoms with Crippen LogP contribution in [0, 0.1) is 0 Å². The molecule has 2 nitrogen and oxygen atoms in total. The van der Waals surface area contributed by atoms with Crippen molar-refractivity contribution in [3.63, 3.8) is 0 Å². The smallest absolute Gasteiger partial charge is 0.113 e. The van der Waals surface area contributed by atoms with E-state index >= 15 is 0 Å². The van der Waals surface area contributed by atoms with E-state index < -0.39 is 0 Å². The molecule has 1 aromatic carbocycles. The van der Waals surface area contributed by atoms with Crippen LogP contribution in [0.15, 0.2) is 50.4 Å². The standard InChI is InChI=1S/C11H10BrNOS/c12-8-3-4-11(10(13)6-8)15-7-9-2-1-5-14-9/h1-6H,7,13H2. The maximum atomic E-state index is 5.88. The predicted octanol–water partition coefficient (Wildman–Crippen LogP) is 3.92. The summed E-state index contributed by atoms with van der Waals surface area (Å²) in [7, 11) is 0. The topological polar surface area (TPSA) is 39.2 Å². The van der Waals surface area contributed by atoms with Crippen LogP contribution in [0.1, 0.15) is 5.76 Å². The zero-order valence-corrected chi connectivity index (χ0v) is 10.3. The summed E-state index contributed by atoms with van der Waals surface area (Å²) in [6.45, 7) is 0. The van der Waals surface area contributed by atoms with Gasteiger partial charge in [0.15, 0.2) is 0 Å². The van der Waals surface area contributed by atoms with E-state index in [9.17, 15) is 0 Å². The largest absolute Gasteiger partial charge is 0.468 e. The number of thioether (sulfide) groups is 1. The third kappa shape index (κ3) is 2.79. The molecule has 0 aliphatic heterocycles. The molecule has 1 heterocycles. The van der Waals surface area contributed by atoms with E-state index in [1.807, 2.05) is 30.3 Å². The van der Waals surface area contributed by atoms with Gasteiger partial charge in [-0.3, -0.25) is 0 Å². The monoisotopic (exact) mass is 283 g/mol. The average molecular weight is 284 g/mol. The summed E-state index contributed by atoms with van der Waals surface area (Å²) in [5.74, 6) is 1.76. The highest BCUT2D eigenvalue weighted by Crippen LogP contribution is 2.30. The molecule has 2 N–H and O–H groups in total. The lowest BCUT2D eigenvalue weighted by Crippen LogP contribution is -1.88. The molecule has 0 saturated heterocycles. The van der Waals surface area contributed by atoms with E-state index in [4.69, 9.17) is 10.2 Å². The van der Waals surface area contributed by atoms with E-state index in [-0.39, 0.29) is 0 Å². The highest BCUT2D eigenvalue weighted by Gasteiger charge is 2.02. The van der Waals surface area contributed by atoms with Crippen LogP contribution in [0.2, 0.25) is 0 Å². The molecule has 0 unspecified atom stereocenters. The molecule has 2 aromatic rings. The lowest BCUT2D eigenvalue weighted by molar-refractivity contribution is 0.530. The molecular formula is C11H10BrNOS. The van der Waals surface area contributed by atoms with Gasteiger partial charge in [0.1, 0.15) is 5.76 Å². The Morgan fingerprint density at radius 3 is 2.87 bits per heavy atom. The molecule has 0 fully saturated rings. The van der Waals surface area contributed by atoms with Crippen molar-refractivity contribution in [3.8, 4) is 0 Å². The van der Waals surface area contributed by atoms with Gasteiger partial charge in [-0.2, -0.15) is 0 Å². The van der Waals surface area contributed by atoms with Gasteiger partial charge in [-0.05, 0) is 30.3 Å². The summed E-state index contributed by atoms with van der Waals surface area (Å²) in [5, 5.41) is 0. The van der Waals surface area contributed by atoms with Crippen LogP contribution in [-0.4, -0.2) is 0 Å². The summed E-state index contributed by atoms with van der Waals surface area (Å²) < 4.78 is 6.25. The zero-order chi connectivity index (χ0) is 10.7. The fraction of sp³-hybridized carbons (Fsp3) is 0.0909. The molecule has 0 aliphatic carbocycles. The number of hydrogen-bond donors (Lipinski definition) is 1. The number of nitrogens with two attached hydrogens (primary N) is 1. The minimum atomic E-state index is 0.793. The van der Waals surface area contributed by atoms with Crippen molar-refractivity contribution < 1.29 is 4.42 Å². The van der Waals surface area contributed by atoms with Crippen molar-refractivity contribution in [3.05, 3.63) is 46.8 Å². The van der Waals surface area contributed by atoms with Gasteiger partial charge in [0.2, 0.25) is 0 Å². The second-order valence-corrected chi connectivity index (χ2v) is 4.98. The number of rotatable bonds is 3. The molecule has 0 atom stereocenters. The van der Waals surface area contributed by atoms with Gasteiger partial charge < -0.3 is 10.2 Å². The Morgan fingerprint density at radius 1 is 1.33 bits per heavy atom. The number of halogens is 1. The summed E-state index contributed by atoms with van der Waals surface area (Å²) in [4.78, 5) is 1.08. The zero-order valence-electron chi connectivity index (χ0n) is 7.94. The lowest BCUT2D eigenvalue weighted by atomic mass is 10.3. The van der Waals surface area contributed by atoms with Gasteiger partial charge >= 0.3 is 0 Å². The Balaban J connectivity index is 2.05. The van der Waals surface area contributed by atoms with Gasteiger partial charge in [0, 0.05) is 15.1 Å². The Kier molecular flexibility index (Phi) is 3.38. The minimum absolute atomic E-state index is 0.793. The first-order valence-corrected chi connectivity index (χ1v) is 6.24. The van der Waals surface area contributed by atoms with E-state index in [0.717, 1.165) is 26.6 Å². The fourth-order valence-corrected chi connectivity index (χ4v) is 2.43. The maximum absolute atomic E-state index is 5.88. The van der Waals surface area contributed by atoms with Crippen LogP contribution >= 0.6 is 27.7 Å². The first-order chi connectivity index (χ1) is 7.25. The van der Waals surface area contributed by atoms with Crippen LogP contribution in [0.5, 0.6) is 0 Å². The van der Waals surface area contributed by atoms with Crippen molar-refractivity contribution in [2.75, 3.05) is 5.73 Å². The number of anilines is 1. The Labute approximate surface area is 101 Å². The maximum Gasteiger partial charge on any atom is 0.113 e. The van der Waals surface area contributed by atoms with Gasteiger partial charge in [0.05, 0.1) is 12.0 Å². The summed E-state index contributed by atoms with van der Waals surface area (Å²) in [6, 6.07) is 9.75. The number of furan rings is 1. The number of hydrogen-bond acceptors (Lipinski definition) is 3. The fourth-order valence-electron chi connectivity index (χ4n) is 1.19. The molecule has 0 aliphatic rings. The molecular weight excluding hydrogens is 274 g/mol. The normalized spacial score (nSPS) is 10.5. The third-order valence-electron chi connectivity index (χ3n) is 1.92. The summed E-state index contributed by atoms with van der Waals surface area (Å²) >= 11 is 5.05. The first kappa shape index (κ1) is 10.6. The Bertz CT molecular complexity index is 442. The second-order valence-electron chi connectivity index (χ2n) is 3.05. The van der Waals surface area contributed by atoms with Crippen LogP contribution in [-0.2, 0) is 5.75 Å². The third-order valence-corrected chi connectivity index (χ3v) is 3.53. The highest BCUT2D eigenvalue weighted by molar-refractivity contribution is 9.10. The molecule has 4 heteroatoms. The van der Waals surface area contributed by atoms with E-state index in [2.05, 4.69) is 15.9 Å². The highest BCUT2D eigenvalue weighted by atomic mass is 79.9.